The summed E-state index contributed by atoms with van der Waals surface area (Å²) in [6, 6.07) is 16.8. The first kappa shape index (κ1) is 16.0. The van der Waals surface area contributed by atoms with E-state index in [0.717, 1.165) is 5.56 Å². The van der Waals surface area contributed by atoms with Crippen molar-refractivity contribution in [1.29, 1.82) is 0 Å². The van der Waals surface area contributed by atoms with Crippen LogP contribution in [0.1, 0.15) is 16.6 Å². The van der Waals surface area contributed by atoms with Crippen LogP contribution in [0.4, 0.5) is 10.8 Å². The Labute approximate surface area is 144 Å². The van der Waals surface area contributed by atoms with Crippen LogP contribution in [-0.2, 0) is 0 Å². The minimum Gasteiger partial charge on any atom is -0.492 e. The van der Waals surface area contributed by atoms with Gasteiger partial charge in [-0.25, -0.2) is 4.98 Å². The molecule has 3 aromatic rings. The van der Waals surface area contributed by atoms with Crippen LogP contribution >= 0.6 is 11.3 Å². The van der Waals surface area contributed by atoms with Crippen LogP contribution in [-0.4, -0.2) is 17.5 Å². The van der Waals surface area contributed by atoms with E-state index in [1.807, 2.05) is 55.5 Å². The molecular formula is C18H17N3O2S. The van der Waals surface area contributed by atoms with Crippen LogP contribution in [0.5, 0.6) is 5.75 Å². The van der Waals surface area contributed by atoms with Gasteiger partial charge < -0.3 is 15.8 Å². The molecule has 3 rings (SSSR count). The van der Waals surface area contributed by atoms with Crippen molar-refractivity contribution in [2.24, 2.45) is 0 Å². The minimum atomic E-state index is -0.254. The van der Waals surface area contributed by atoms with Gasteiger partial charge in [-0.2, -0.15) is 0 Å². The zero-order chi connectivity index (χ0) is 16.9. The Morgan fingerprint density at radius 3 is 2.62 bits per heavy atom. The summed E-state index contributed by atoms with van der Waals surface area (Å²) < 4.78 is 5.54. The molecule has 0 saturated heterocycles. The van der Waals surface area contributed by atoms with Crippen molar-refractivity contribution in [2.75, 3.05) is 17.7 Å². The summed E-state index contributed by atoms with van der Waals surface area (Å²) in [5.41, 5.74) is 7.89. The topological polar surface area (TPSA) is 77.2 Å². The zero-order valence-corrected chi connectivity index (χ0v) is 14.0. The van der Waals surface area contributed by atoms with Crippen LogP contribution < -0.4 is 15.8 Å². The molecule has 24 heavy (non-hydrogen) atoms. The van der Waals surface area contributed by atoms with Crippen molar-refractivity contribution in [1.82, 2.24) is 4.98 Å². The van der Waals surface area contributed by atoms with Gasteiger partial charge in [0.1, 0.15) is 10.6 Å². The maximum absolute atomic E-state index is 12.7. The molecule has 0 unspecified atom stereocenters. The fourth-order valence-corrected chi connectivity index (χ4v) is 3.06. The SMILES string of the molecule is CCOc1ccccc1NC(=O)c1sc(N)nc1-c1ccccc1. The molecule has 0 aliphatic rings. The van der Waals surface area contributed by atoms with E-state index >= 15 is 0 Å². The summed E-state index contributed by atoms with van der Waals surface area (Å²) in [5.74, 6) is 0.377. The van der Waals surface area contributed by atoms with E-state index in [4.69, 9.17) is 10.5 Å². The predicted octanol–water partition coefficient (Wildman–Crippen LogP) is 4.04. The Kier molecular flexibility index (Phi) is 4.77. The molecule has 5 nitrogen and oxygen atoms in total. The number of thiazole rings is 1. The lowest BCUT2D eigenvalue weighted by Crippen LogP contribution is -2.12. The van der Waals surface area contributed by atoms with Gasteiger partial charge in [-0.15, -0.1) is 0 Å². The maximum atomic E-state index is 12.7. The van der Waals surface area contributed by atoms with Gasteiger partial charge in [0.2, 0.25) is 0 Å². The zero-order valence-electron chi connectivity index (χ0n) is 13.2. The molecule has 0 aliphatic carbocycles. The van der Waals surface area contributed by atoms with Gasteiger partial charge in [0, 0.05) is 5.56 Å². The summed E-state index contributed by atoms with van der Waals surface area (Å²) in [6.07, 6.45) is 0. The average molecular weight is 339 g/mol. The second-order valence-electron chi connectivity index (χ2n) is 4.98. The van der Waals surface area contributed by atoms with Crippen molar-refractivity contribution >= 4 is 28.1 Å². The van der Waals surface area contributed by atoms with E-state index in [9.17, 15) is 4.79 Å². The number of anilines is 2. The lowest BCUT2D eigenvalue weighted by molar-refractivity contribution is 0.103. The second-order valence-corrected chi connectivity index (χ2v) is 6.01. The van der Waals surface area contributed by atoms with Crippen molar-refractivity contribution < 1.29 is 9.53 Å². The predicted molar refractivity (Wildman–Crippen MR) is 97.5 cm³/mol. The molecule has 1 aromatic heterocycles. The van der Waals surface area contributed by atoms with Gasteiger partial charge in [-0.05, 0) is 19.1 Å². The van der Waals surface area contributed by atoms with Crippen molar-refractivity contribution in [3.05, 3.63) is 59.5 Å². The van der Waals surface area contributed by atoms with E-state index in [1.165, 1.54) is 11.3 Å². The van der Waals surface area contributed by atoms with Gasteiger partial charge in [-0.3, -0.25) is 4.79 Å². The Balaban J connectivity index is 1.92. The summed E-state index contributed by atoms with van der Waals surface area (Å²) in [7, 11) is 0. The third-order valence-corrected chi connectivity index (χ3v) is 4.22. The molecule has 0 fully saturated rings. The number of rotatable bonds is 5. The quantitative estimate of drug-likeness (QED) is 0.735. The molecule has 0 bridgehead atoms. The third-order valence-electron chi connectivity index (χ3n) is 3.33. The Morgan fingerprint density at radius 2 is 1.88 bits per heavy atom. The van der Waals surface area contributed by atoms with Crippen LogP contribution in [0.15, 0.2) is 54.6 Å². The number of nitrogen functional groups attached to an aromatic ring is 1. The molecule has 1 heterocycles. The smallest absolute Gasteiger partial charge is 0.268 e. The summed E-state index contributed by atoms with van der Waals surface area (Å²) in [6.45, 7) is 2.42. The van der Waals surface area contributed by atoms with Gasteiger partial charge in [0.05, 0.1) is 18.0 Å². The first-order chi connectivity index (χ1) is 11.7. The van der Waals surface area contributed by atoms with Crippen LogP contribution in [0.25, 0.3) is 11.3 Å². The van der Waals surface area contributed by atoms with Gasteiger partial charge in [0.25, 0.3) is 5.91 Å². The van der Waals surface area contributed by atoms with Crippen LogP contribution in [0.2, 0.25) is 0 Å². The first-order valence-corrected chi connectivity index (χ1v) is 8.35. The van der Waals surface area contributed by atoms with E-state index in [-0.39, 0.29) is 5.91 Å². The van der Waals surface area contributed by atoms with E-state index in [1.54, 1.807) is 6.07 Å². The van der Waals surface area contributed by atoms with Crippen LogP contribution in [0.3, 0.4) is 0 Å². The molecule has 0 atom stereocenters. The molecule has 6 heteroatoms. The molecule has 1 amide bonds. The number of nitrogens with one attached hydrogen (secondary N) is 1. The fraction of sp³-hybridized carbons (Fsp3) is 0.111. The molecule has 0 radical (unpaired) electrons. The number of nitrogens with two attached hydrogens (primary N) is 1. The number of benzene rings is 2. The summed E-state index contributed by atoms with van der Waals surface area (Å²) in [4.78, 5) is 17.5. The highest BCUT2D eigenvalue weighted by Crippen LogP contribution is 2.31. The number of para-hydroxylation sites is 2. The Hall–Kier alpha value is -2.86. The molecular weight excluding hydrogens is 322 g/mol. The number of aromatic nitrogens is 1. The molecule has 0 saturated carbocycles. The number of carbonyl (C=O) groups is 1. The highest BCUT2D eigenvalue weighted by atomic mass is 32.1. The van der Waals surface area contributed by atoms with Crippen molar-refractivity contribution in [3.8, 4) is 17.0 Å². The molecule has 3 N–H and O–H groups in total. The maximum Gasteiger partial charge on any atom is 0.268 e. The number of hydrogen-bond acceptors (Lipinski definition) is 5. The largest absolute Gasteiger partial charge is 0.492 e. The summed E-state index contributed by atoms with van der Waals surface area (Å²) in [5, 5.41) is 3.24. The van der Waals surface area contributed by atoms with Crippen molar-refractivity contribution in [2.45, 2.75) is 6.92 Å². The van der Waals surface area contributed by atoms with Gasteiger partial charge >= 0.3 is 0 Å². The average Bonchev–Trinajstić information content (AvgIpc) is 3.00. The number of nitrogens with zero attached hydrogens (tertiary/aromatic N) is 1. The first-order valence-electron chi connectivity index (χ1n) is 7.54. The highest BCUT2D eigenvalue weighted by Gasteiger charge is 2.19. The van der Waals surface area contributed by atoms with Crippen molar-refractivity contribution in [3.63, 3.8) is 0 Å². The minimum absolute atomic E-state index is 0.254. The normalized spacial score (nSPS) is 10.4. The fourth-order valence-electron chi connectivity index (χ4n) is 2.31. The summed E-state index contributed by atoms with van der Waals surface area (Å²) >= 11 is 1.17. The van der Waals surface area contributed by atoms with Gasteiger partial charge in [-0.1, -0.05) is 53.8 Å². The number of ether oxygens (including phenoxy) is 1. The van der Waals surface area contributed by atoms with E-state index in [0.29, 0.717) is 33.7 Å². The lowest BCUT2D eigenvalue weighted by Gasteiger charge is -2.11. The monoisotopic (exact) mass is 339 g/mol. The van der Waals surface area contributed by atoms with E-state index in [2.05, 4.69) is 10.3 Å². The molecule has 0 spiro atoms. The lowest BCUT2D eigenvalue weighted by atomic mass is 10.1. The van der Waals surface area contributed by atoms with Crippen LogP contribution in [0, 0.1) is 0 Å². The number of carbonyl (C=O) groups excluding carboxylic acids is 1. The highest BCUT2D eigenvalue weighted by molar-refractivity contribution is 7.17. The molecule has 2 aromatic carbocycles. The second kappa shape index (κ2) is 7.14. The number of hydrogen-bond donors (Lipinski definition) is 2. The Morgan fingerprint density at radius 1 is 1.17 bits per heavy atom. The molecule has 0 aliphatic heterocycles. The van der Waals surface area contributed by atoms with Gasteiger partial charge in [0.15, 0.2) is 5.13 Å². The standard InChI is InChI=1S/C18H17N3O2S/c1-2-23-14-11-7-6-10-13(14)20-17(22)16-15(21-18(19)24-16)12-8-4-3-5-9-12/h3-11H,2H2,1H3,(H2,19,21)(H,20,22). The van der Waals surface area contributed by atoms with E-state index < -0.39 is 0 Å². The number of amides is 1. The third kappa shape index (κ3) is 3.38. The Bertz CT molecular complexity index is 846. The molecule has 122 valence electrons.